The molecule has 0 radical (unpaired) electrons. The minimum absolute atomic E-state index is 0.566. The fraction of sp³-hybridized carbons (Fsp3) is 0.158. The van der Waals surface area contributed by atoms with Gasteiger partial charge in [-0.25, -0.2) is 19.9 Å². The number of aromatic nitrogens is 5. The van der Waals surface area contributed by atoms with E-state index in [0.29, 0.717) is 18.3 Å². The van der Waals surface area contributed by atoms with E-state index < -0.39 is 0 Å². The number of hydrogen-bond acceptors (Lipinski definition) is 6. The maximum Gasteiger partial charge on any atom is 0.234 e. The van der Waals surface area contributed by atoms with E-state index in [1.54, 1.807) is 19.5 Å². The third-order valence-corrected chi connectivity index (χ3v) is 4.09. The van der Waals surface area contributed by atoms with Gasteiger partial charge in [0, 0.05) is 25.1 Å². The van der Waals surface area contributed by atoms with E-state index in [1.807, 2.05) is 53.9 Å². The molecular formula is C19H18N6O. The fourth-order valence-electron chi connectivity index (χ4n) is 2.81. The van der Waals surface area contributed by atoms with Gasteiger partial charge in [-0.05, 0) is 36.8 Å². The van der Waals surface area contributed by atoms with Crippen molar-refractivity contribution in [2.24, 2.45) is 0 Å². The van der Waals surface area contributed by atoms with Crippen molar-refractivity contribution in [3.05, 3.63) is 66.2 Å². The van der Waals surface area contributed by atoms with Gasteiger partial charge in [0.25, 0.3) is 0 Å². The van der Waals surface area contributed by atoms with Crippen LogP contribution in [0.5, 0.6) is 5.75 Å². The normalized spacial score (nSPS) is 10.8. The molecule has 7 nitrogen and oxygen atoms in total. The molecule has 0 aliphatic heterocycles. The summed E-state index contributed by atoms with van der Waals surface area (Å²) in [7, 11) is 1.66. The summed E-state index contributed by atoms with van der Waals surface area (Å²) in [5.74, 6) is 2.06. The first-order chi connectivity index (χ1) is 12.7. The van der Waals surface area contributed by atoms with Gasteiger partial charge in [0.1, 0.15) is 5.75 Å². The number of nitrogens with one attached hydrogen (secondary N) is 1. The van der Waals surface area contributed by atoms with E-state index in [0.717, 1.165) is 28.4 Å². The van der Waals surface area contributed by atoms with E-state index >= 15 is 0 Å². The summed E-state index contributed by atoms with van der Waals surface area (Å²) in [6.07, 6.45) is 5.41. The largest absolute Gasteiger partial charge is 0.497 e. The number of anilines is 1. The zero-order chi connectivity index (χ0) is 17.9. The van der Waals surface area contributed by atoms with Gasteiger partial charge in [-0.1, -0.05) is 12.1 Å². The van der Waals surface area contributed by atoms with Gasteiger partial charge in [0.15, 0.2) is 0 Å². The van der Waals surface area contributed by atoms with Crippen LogP contribution >= 0.6 is 0 Å². The maximum absolute atomic E-state index is 5.18. The van der Waals surface area contributed by atoms with E-state index in [2.05, 4.69) is 25.3 Å². The molecule has 130 valence electrons. The summed E-state index contributed by atoms with van der Waals surface area (Å²) in [6.45, 7) is 2.58. The van der Waals surface area contributed by atoms with Crippen molar-refractivity contribution >= 4 is 11.7 Å². The van der Waals surface area contributed by atoms with Gasteiger partial charge < -0.3 is 10.1 Å². The molecule has 0 saturated carbocycles. The van der Waals surface area contributed by atoms with Gasteiger partial charge in [-0.15, -0.1) is 0 Å². The smallest absolute Gasteiger partial charge is 0.234 e. The Morgan fingerprint density at radius 2 is 1.88 bits per heavy atom. The third-order valence-electron chi connectivity index (χ3n) is 4.09. The van der Waals surface area contributed by atoms with Crippen molar-refractivity contribution in [1.82, 2.24) is 24.3 Å². The Labute approximate surface area is 150 Å². The lowest BCUT2D eigenvalue weighted by molar-refractivity contribution is 0.414. The van der Waals surface area contributed by atoms with Crippen LogP contribution in [0.1, 0.15) is 11.3 Å². The highest BCUT2D eigenvalue weighted by Gasteiger charge is 2.13. The predicted molar refractivity (Wildman–Crippen MR) is 99.1 cm³/mol. The molecule has 1 N–H and O–H groups in total. The molecule has 0 amide bonds. The van der Waals surface area contributed by atoms with Crippen molar-refractivity contribution in [1.29, 1.82) is 0 Å². The highest BCUT2D eigenvalue weighted by atomic mass is 16.5. The van der Waals surface area contributed by atoms with Gasteiger partial charge in [-0.2, -0.15) is 0 Å². The van der Waals surface area contributed by atoms with E-state index in [1.165, 1.54) is 0 Å². The summed E-state index contributed by atoms with van der Waals surface area (Å²) in [5.41, 5.74) is 3.72. The van der Waals surface area contributed by atoms with E-state index in [9.17, 15) is 0 Å². The van der Waals surface area contributed by atoms with E-state index in [4.69, 9.17) is 4.74 Å². The second-order valence-electron chi connectivity index (χ2n) is 5.80. The maximum atomic E-state index is 5.18. The van der Waals surface area contributed by atoms with Crippen LogP contribution in [-0.2, 0) is 6.54 Å². The number of methoxy groups -OCH3 is 1. The Hall–Kier alpha value is -3.48. The Kier molecular flexibility index (Phi) is 4.18. The van der Waals surface area contributed by atoms with Crippen LogP contribution in [0.15, 0.2) is 55.0 Å². The van der Waals surface area contributed by atoms with Crippen molar-refractivity contribution < 1.29 is 4.74 Å². The lowest BCUT2D eigenvalue weighted by Gasteiger charge is -2.08. The summed E-state index contributed by atoms with van der Waals surface area (Å²) in [5, 5.41) is 3.26. The number of nitrogens with zero attached hydrogens (tertiary/aromatic N) is 5. The molecule has 0 aliphatic rings. The summed E-state index contributed by atoms with van der Waals surface area (Å²) in [4.78, 5) is 17.7. The Morgan fingerprint density at radius 1 is 1.04 bits per heavy atom. The van der Waals surface area contributed by atoms with Crippen LogP contribution < -0.4 is 10.1 Å². The van der Waals surface area contributed by atoms with Crippen LogP contribution in [0.25, 0.3) is 17.2 Å². The number of benzene rings is 1. The average molecular weight is 346 g/mol. The number of hydrogen-bond donors (Lipinski definition) is 1. The minimum atomic E-state index is 0.566. The number of rotatable bonds is 5. The van der Waals surface area contributed by atoms with Crippen LogP contribution in [0.3, 0.4) is 0 Å². The predicted octanol–water partition coefficient (Wildman–Crippen LogP) is 3.12. The number of imidazole rings is 1. The molecule has 26 heavy (non-hydrogen) atoms. The highest BCUT2D eigenvalue weighted by Crippen LogP contribution is 2.22. The number of aryl methyl sites for hydroxylation is 1. The summed E-state index contributed by atoms with van der Waals surface area (Å²) >= 11 is 0. The van der Waals surface area contributed by atoms with Gasteiger partial charge in [0.2, 0.25) is 11.7 Å². The van der Waals surface area contributed by atoms with E-state index in [-0.39, 0.29) is 0 Å². The molecule has 7 heteroatoms. The fourth-order valence-corrected chi connectivity index (χ4v) is 2.81. The van der Waals surface area contributed by atoms with Crippen molar-refractivity contribution in [2.45, 2.75) is 13.5 Å². The molecule has 3 heterocycles. The standard InChI is InChI=1S/C19H18N6O/c1-13-17(25-11-3-9-21-19(25)23-13)16-8-10-20-18(24-16)22-12-14-4-6-15(26-2)7-5-14/h3-11H,12H2,1-2H3,(H,20,22,24). The summed E-state index contributed by atoms with van der Waals surface area (Å²) in [6, 6.07) is 11.6. The molecule has 0 fully saturated rings. The molecule has 1 aromatic carbocycles. The third kappa shape index (κ3) is 3.06. The zero-order valence-electron chi connectivity index (χ0n) is 14.5. The molecular weight excluding hydrogens is 328 g/mol. The molecule has 3 aromatic heterocycles. The second kappa shape index (κ2) is 6.79. The average Bonchev–Trinajstić information content (AvgIpc) is 3.02. The Morgan fingerprint density at radius 3 is 2.69 bits per heavy atom. The van der Waals surface area contributed by atoms with Crippen LogP contribution in [0, 0.1) is 6.92 Å². The highest BCUT2D eigenvalue weighted by molar-refractivity contribution is 5.63. The van der Waals surface area contributed by atoms with Gasteiger partial charge in [-0.3, -0.25) is 4.40 Å². The molecule has 0 saturated heterocycles. The minimum Gasteiger partial charge on any atom is -0.497 e. The molecule has 4 aromatic rings. The topological polar surface area (TPSA) is 77.2 Å². The van der Waals surface area contributed by atoms with Crippen molar-refractivity contribution in [2.75, 3.05) is 12.4 Å². The first-order valence-electron chi connectivity index (χ1n) is 8.24. The lowest BCUT2D eigenvalue weighted by atomic mass is 10.2. The van der Waals surface area contributed by atoms with Crippen LogP contribution in [-0.4, -0.2) is 31.4 Å². The monoisotopic (exact) mass is 346 g/mol. The Bertz CT molecular complexity index is 1040. The number of ether oxygens (including phenoxy) is 1. The molecule has 4 rings (SSSR count). The van der Waals surface area contributed by atoms with Crippen molar-refractivity contribution in [3.63, 3.8) is 0 Å². The molecule has 0 atom stereocenters. The molecule has 0 spiro atoms. The first kappa shape index (κ1) is 16.0. The van der Waals surface area contributed by atoms with Gasteiger partial charge >= 0.3 is 0 Å². The molecule has 0 bridgehead atoms. The Balaban J connectivity index is 1.59. The quantitative estimate of drug-likeness (QED) is 0.598. The lowest BCUT2D eigenvalue weighted by Crippen LogP contribution is -2.04. The summed E-state index contributed by atoms with van der Waals surface area (Å²) < 4.78 is 7.11. The van der Waals surface area contributed by atoms with Crippen LogP contribution in [0.2, 0.25) is 0 Å². The zero-order valence-corrected chi connectivity index (χ0v) is 14.5. The van der Waals surface area contributed by atoms with Gasteiger partial charge in [0.05, 0.1) is 24.2 Å². The molecule has 0 unspecified atom stereocenters. The first-order valence-corrected chi connectivity index (χ1v) is 8.24. The SMILES string of the molecule is COc1ccc(CNc2nccc(-c3c(C)nc4ncccn34)n2)cc1. The number of fused-ring (bicyclic) bond motifs is 1. The van der Waals surface area contributed by atoms with Crippen LogP contribution in [0.4, 0.5) is 5.95 Å². The molecule has 0 aliphatic carbocycles. The second-order valence-corrected chi connectivity index (χ2v) is 5.80. The van der Waals surface area contributed by atoms with Crippen molar-refractivity contribution in [3.8, 4) is 17.1 Å².